The third kappa shape index (κ3) is 3.95. The van der Waals surface area contributed by atoms with E-state index in [2.05, 4.69) is 29.6 Å². The van der Waals surface area contributed by atoms with E-state index in [-0.39, 0.29) is 17.5 Å². The largest absolute Gasteiger partial charge is 0.353 e. The maximum Gasteiger partial charge on any atom is 0.237 e. The number of amides is 1. The van der Waals surface area contributed by atoms with Crippen LogP contribution in [0.3, 0.4) is 0 Å². The molecule has 2 aliphatic rings. The Morgan fingerprint density at radius 2 is 1.85 bits per heavy atom. The van der Waals surface area contributed by atoms with Gasteiger partial charge >= 0.3 is 0 Å². The lowest BCUT2D eigenvalue weighted by Gasteiger charge is -2.43. The summed E-state index contributed by atoms with van der Waals surface area (Å²) in [6, 6.07) is 0.0281. The fraction of sp³-hybridized carbons (Fsp3) is 0.938. The second-order valence-electron chi connectivity index (χ2n) is 6.75. The third-order valence-corrected chi connectivity index (χ3v) is 5.20. The Kier molecular flexibility index (Phi) is 5.85. The minimum atomic E-state index is 0.0281. The van der Waals surface area contributed by atoms with Crippen molar-refractivity contribution in [3.05, 3.63) is 0 Å². The van der Waals surface area contributed by atoms with Crippen molar-refractivity contribution in [3.8, 4) is 0 Å². The van der Waals surface area contributed by atoms with Crippen LogP contribution in [-0.2, 0) is 4.79 Å². The number of hydrogen-bond acceptors (Lipinski definition) is 3. The van der Waals surface area contributed by atoms with Gasteiger partial charge in [-0.15, -0.1) is 0 Å². The van der Waals surface area contributed by atoms with E-state index in [1.165, 1.54) is 51.4 Å². The summed E-state index contributed by atoms with van der Waals surface area (Å²) in [6.07, 6.45) is 10.9. The molecule has 0 aromatic heterocycles. The fourth-order valence-electron chi connectivity index (χ4n) is 3.62. The smallest absolute Gasteiger partial charge is 0.237 e. The molecular formula is C16H31N3O. The van der Waals surface area contributed by atoms with E-state index >= 15 is 0 Å². The number of carbonyl (C=O) groups is 1. The van der Waals surface area contributed by atoms with Gasteiger partial charge in [-0.05, 0) is 46.3 Å². The fourth-order valence-corrected chi connectivity index (χ4v) is 3.62. The van der Waals surface area contributed by atoms with Gasteiger partial charge in [0.1, 0.15) is 0 Å². The molecule has 4 nitrogen and oxygen atoms in total. The van der Waals surface area contributed by atoms with Gasteiger partial charge in [-0.25, -0.2) is 0 Å². The lowest BCUT2D eigenvalue weighted by Crippen LogP contribution is -2.56. The molecule has 4 heteroatoms. The van der Waals surface area contributed by atoms with Gasteiger partial charge in [0, 0.05) is 12.1 Å². The van der Waals surface area contributed by atoms with Crippen molar-refractivity contribution in [2.75, 3.05) is 27.2 Å². The van der Waals surface area contributed by atoms with Crippen molar-refractivity contribution in [2.45, 2.75) is 69.4 Å². The van der Waals surface area contributed by atoms with Gasteiger partial charge in [0.2, 0.25) is 5.91 Å². The third-order valence-electron chi connectivity index (χ3n) is 5.20. The van der Waals surface area contributed by atoms with E-state index in [4.69, 9.17) is 0 Å². The molecule has 1 amide bonds. The molecule has 2 fully saturated rings. The summed E-state index contributed by atoms with van der Waals surface area (Å²) in [5, 5.41) is 6.61. The second kappa shape index (κ2) is 7.41. The van der Waals surface area contributed by atoms with Crippen LogP contribution >= 0.6 is 0 Å². The zero-order valence-electron chi connectivity index (χ0n) is 13.2. The average molecular weight is 281 g/mol. The molecule has 1 atom stereocenters. The predicted molar refractivity (Wildman–Crippen MR) is 82.8 cm³/mol. The normalized spacial score (nSPS) is 27.1. The van der Waals surface area contributed by atoms with Crippen molar-refractivity contribution in [2.24, 2.45) is 0 Å². The van der Waals surface area contributed by atoms with Crippen LogP contribution in [0.25, 0.3) is 0 Å². The predicted octanol–water partition coefficient (Wildman–Crippen LogP) is 1.90. The van der Waals surface area contributed by atoms with Crippen LogP contribution < -0.4 is 10.6 Å². The van der Waals surface area contributed by atoms with Crippen LogP contribution in [-0.4, -0.2) is 49.6 Å². The molecule has 0 spiro atoms. The Morgan fingerprint density at radius 3 is 2.55 bits per heavy atom. The Labute approximate surface area is 123 Å². The standard InChI is InChI=1S/C16H31N3O/c1-19(2)16(10-6-4-7-11-16)13-18-15(20)14-9-5-3-8-12-17-14/h14,17H,3-13H2,1-2H3,(H,18,20). The zero-order valence-corrected chi connectivity index (χ0v) is 13.2. The molecule has 116 valence electrons. The first kappa shape index (κ1) is 15.8. The molecule has 20 heavy (non-hydrogen) atoms. The molecular weight excluding hydrogens is 250 g/mol. The lowest BCUT2D eigenvalue weighted by molar-refractivity contribution is -0.124. The average Bonchev–Trinajstić information content (AvgIpc) is 2.74. The Morgan fingerprint density at radius 1 is 1.15 bits per heavy atom. The molecule has 1 heterocycles. The van der Waals surface area contributed by atoms with Crippen LogP contribution in [0.5, 0.6) is 0 Å². The maximum atomic E-state index is 12.4. The Balaban J connectivity index is 1.86. The lowest BCUT2D eigenvalue weighted by atomic mass is 9.80. The van der Waals surface area contributed by atoms with Gasteiger partial charge in [0.15, 0.2) is 0 Å². The quantitative estimate of drug-likeness (QED) is 0.827. The number of carbonyl (C=O) groups excluding carboxylic acids is 1. The van der Waals surface area contributed by atoms with Crippen molar-refractivity contribution in [3.63, 3.8) is 0 Å². The molecule has 1 aliphatic carbocycles. The number of likely N-dealkylation sites (N-methyl/N-ethyl adjacent to an activating group) is 1. The minimum absolute atomic E-state index is 0.0281. The zero-order chi connectivity index (χ0) is 14.4. The van der Waals surface area contributed by atoms with E-state index < -0.39 is 0 Å². The summed E-state index contributed by atoms with van der Waals surface area (Å²) < 4.78 is 0. The first-order valence-corrected chi connectivity index (χ1v) is 8.33. The van der Waals surface area contributed by atoms with Gasteiger partial charge in [-0.3, -0.25) is 4.79 Å². The summed E-state index contributed by atoms with van der Waals surface area (Å²) in [4.78, 5) is 14.7. The number of nitrogens with zero attached hydrogens (tertiary/aromatic N) is 1. The van der Waals surface area contributed by atoms with Crippen LogP contribution in [0.15, 0.2) is 0 Å². The van der Waals surface area contributed by atoms with Crippen LogP contribution in [0.2, 0.25) is 0 Å². The molecule has 0 aromatic carbocycles. The van der Waals surface area contributed by atoms with Gasteiger partial charge in [0.05, 0.1) is 6.04 Å². The first-order valence-electron chi connectivity index (χ1n) is 8.33. The highest BCUT2D eigenvalue weighted by Gasteiger charge is 2.35. The molecule has 1 saturated heterocycles. The molecule has 1 saturated carbocycles. The van der Waals surface area contributed by atoms with Crippen molar-refractivity contribution in [1.29, 1.82) is 0 Å². The van der Waals surface area contributed by atoms with Crippen molar-refractivity contribution < 1.29 is 4.79 Å². The molecule has 0 radical (unpaired) electrons. The van der Waals surface area contributed by atoms with Gasteiger partial charge in [-0.1, -0.05) is 32.1 Å². The first-order chi connectivity index (χ1) is 9.64. The highest BCUT2D eigenvalue weighted by molar-refractivity contribution is 5.81. The Bertz CT molecular complexity index is 303. The molecule has 1 aliphatic heterocycles. The molecule has 0 aromatic rings. The summed E-state index contributed by atoms with van der Waals surface area (Å²) >= 11 is 0. The van der Waals surface area contributed by atoms with Crippen molar-refractivity contribution in [1.82, 2.24) is 15.5 Å². The van der Waals surface area contributed by atoms with Gasteiger partial charge in [-0.2, -0.15) is 0 Å². The molecule has 1 unspecified atom stereocenters. The summed E-state index contributed by atoms with van der Waals surface area (Å²) in [7, 11) is 4.31. The summed E-state index contributed by atoms with van der Waals surface area (Å²) in [5.74, 6) is 0.207. The van der Waals surface area contributed by atoms with Crippen LogP contribution in [0, 0.1) is 0 Å². The second-order valence-corrected chi connectivity index (χ2v) is 6.75. The van der Waals surface area contributed by atoms with E-state index in [1.807, 2.05) is 0 Å². The minimum Gasteiger partial charge on any atom is -0.353 e. The number of nitrogens with one attached hydrogen (secondary N) is 2. The van der Waals surface area contributed by atoms with Crippen molar-refractivity contribution >= 4 is 5.91 Å². The van der Waals surface area contributed by atoms with E-state index in [1.54, 1.807) is 0 Å². The summed E-state index contributed by atoms with van der Waals surface area (Å²) in [6.45, 7) is 1.79. The van der Waals surface area contributed by atoms with E-state index in [0.29, 0.717) is 0 Å². The molecule has 2 rings (SSSR count). The highest BCUT2D eigenvalue weighted by atomic mass is 16.2. The molecule has 2 N–H and O–H groups in total. The topological polar surface area (TPSA) is 44.4 Å². The van der Waals surface area contributed by atoms with Gasteiger partial charge < -0.3 is 15.5 Å². The monoisotopic (exact) mass is 281 g/mol. The van der Waals surface area contributed by atoms with Gasteiger partial charge in [0.25, 0.3) is 0 Å². The van der Waals surface area contributed by atoms with E-state index in [0.717, 1.165) is 19.5 Å². The van der Waals surface area contributed by atoms with Crippen LogP contribution in [0.1, 0.15) is 57.8 Å². The number of rotatable bonds is 4. The van der Waals surface area contributed by atoms with E-state index in [9.17, 15) is 4.79 Å². The van der Waals surface area contributed by atoms with Crippen LogP contribution in [0.4, 0.5) is 0 Å². The SMILES string of the molecule is CN(C)C1(CNC(=O)C2CCCCCN2)CCCCC1. The molecule has 0 bridgehead atoms. The Hall–Kier alpha value is -0.610. The summed E-state index contributed by atoms with van der Waals surface area (Å²) in [5.41, 5.74) is 0.179. The number of hydrogen-bond donors (Lipinski definition) is 2. The maximum absolute atomic E-state index is 12.4. The highest BCUT2D eigenvalue weighted by Crippen LogP contribution is 2.31.